The van der Waals surface area contributed by atoms with E-state index in [2.05, 4.69) is 21.8 Å². The van der Waals surface area contributed by atoms with Crippen molar-refractivity contribution in [1.82, 2.24) is 14.9 Å². The summed E-state index contributed by atoms with van der Waals surface area (Å²) in [6.45, 7) is 4.75. The van der Waals surface area contributed by atoms with Crippen LogP contribution in [0.15, 0.2) is 18.3 Å². The van der Waals surface area contributed by atoms with Gasteiger partial charge in [-0.15, -0.1) is 11.3 Å². The molecule has 21 heavy (non-hydrogen) atoms. The molecule has 0 atom stereocenters. The molecule has 3 rings (SSSR count). The second kappa shape index (κ2) is 6.02. The maximum atomic E-state index is 12.3. The molecule has 1 aliphatic rings. The molecule has 0 aromatic carbocycles. The summed E-state index contributed by atoms with van der Waals surface area (Å²) < 4.78 is 2.09. The zero-order valence-electron chi connectivity index (χ0n) is 12.6. The van der Waals surface area contributed by atoms with E-state index in [4.69, 9.17) is 0 Å². The van der Waals surface area contributed by atoms with Crippen LogP contribution in [0.4, 0.5) is 0 Å². The molecule has 112 valence electrons. The fourth-order valence-electron chi connectivity index (χ4n) is 2.48. The van der Waals surface area contributed by atoms with Gasteiger partial charge in [0.25, 0.3) is 5.91 Å². The van der Waals surface area contributed by atoms with Gasteiger partial charge in [-0.25, -0.2) is 4.98 Å². The van der Waals surface area contributed by atoms with Crippen molar-refractivity contribution in [3.63, 3.8) is 0 Å². The number of amides is 1. The third-order valence-corrected chi connectivity index (χ3v) is 4.98. The van der Waals surface area contributed by atoms with E-state index in [0.717, 1.165) is 29.1 Å². The Bertz CT molecular complexity index is 640. The van der Waals surface area contributed by atoms with Gasteiger partial charge in [-0.2, -0.15) is 0 Å². The molecule has 0 aliphatic heterocycles. The molecule has 1 aliphatic carbocycles. The minimum absolute atomic E-state index is 0.0109. The molecular formula is C16H21N3OS. The molecule has 2 aromatic heterocycles. The fourth-order valence-corrected chi connectivity index (χ4v) is 3.59. The lowest BCUT2D eigenvalue weighted by Crippen LogP contribution is -2.25. The monoisotopic (exact) mass is 303 g/mol. The summed E-state index contributed by atoms with van der Waals surface area (Å²) in [4.78, 5) is 18.1. The summed E-state index contributed by atoms with van der Waals surface area (Å²) in [7, 11) is 0. The van der Waals surface area contributed by atoms with Gasteiger partial charge in [-0.3, -0.25) is 4.79 Å². The van der Waals surface area contributed by atoms with Crippen molar-refractivity contribution in [3.8, 4) is 0 Å². The highest BCUT2D eigenvalue weighted by molar-refractivity contribution is 7.11. The van der Waals surface area contributed by atoms with E-state index in [-0.39, 0.29) is 5.91 Å². The van der Waals surface area contributed by atoms with E-state index in [1.165, 1.54) is 17.8 Å². The SMILES string of the molecule is CCCc1nc(C)c(CNC(=O)c2cccn2C2CC2)s1. The number of aromatic nitrogens is 2. The van der Waals surface area contributed by atoms with Crippen molar-refractivity contribution >= 4 is 17.2 Å². The molecule has 1 N–H and O–H groups in total. The Morgan fingerprint density at radius 3 is 3.05 bits per heavy atom. The summed E-state index contributed by atoms with van der Waals surface area (Å²) >= 11 is 1.71. The van der Waals surface area contributed by atoms with Crippen molar-refractivity contribution in [2.45, 2.75) is 52.1 Å². The molecule has 1 fully saturated rings. The van der Waals surface area contributed by atoms with Gasteiger partial charge in [0.15, 0.2) is 0 Å². The first-order chi connectivity index (χ1) is 10.2. The second-order valence-electron chi connectivity index (χ2n) is 5.58. The van der Waals surface area contributed by atoms with Crippen LogP contribution in [0.25, 0.3) is 0 Å². The Hall–Kier alpha value is -1.62. The van der Waals surface area contributed by atoms with Crippen LogP contribution in [0, 0.1) is 6.92 Å². The number of nitrogens with zero attached hydrogens (tertiary/aromatic N) is 2. The Morgan fingerprint density at radius 2 is 2.33 bits per heavy atom. The highest BCUT2D eigenvalue weighted by Gasteiger charge is 2.26. The third kappa shape index (κ3) is 3.18. The average molecular weight is 303 g/mol. The number of thiazole rings is 1. The Balaban J connectivity index is 1.64. The van der Waals surface area contributed by atoms with Crippen molar-refractivity contribution in [2.24, 2.45) is 0 Å². The number of aryl methyl sites for hydroxylation is 2. The minimum Gasteiger partial charge on any atom is -0.346 e. The Kier molecular flexibility index (Phi) is 4.10. The molecule has 0 spiro atoms. The molecule has 4 nitrogen and oxygen atoms in total. The Labute approximate surface area is 129 Å². The molecule has 0 saturated heterocycles. The summed E-state index contributed by atoms with van der Waals surface area (Å²) in [5.41, 5.74) is 1.81. The van der Waals surface area contributed by atoms with Gasteiger partial charge in [0, 0.05) is 17.1 Å². The lowest BCUT2D eigenvalue weighted by Gasteiger charge is -2.08. The van der Waals surface area contributed by atoms with E-state index < -0.39 is 0 Å². The molecule has 2 aromatic rings. The van der Waals surface area contributed by atoms with E-state index in [0.29, 0.717) is 12.6 Å². The Morgan fingerprint density at radius 1 is 1.52 bits per heavy atom. The molecular weight excluding hydrogens is 282 g/mol. The molecule has 0 bridgehead atoms. The van der Waals surface area contributed by atoms with Crippen molar-refractivity contribution in [3.05, 3.63) is 39.6 Å². The topological polar surface area (TPSA) is 46.9 Å². The van der Waals surface area contributed by atoms with Crippen molar-refractivity contribution in [1.29, 1.82) is 0 Å². The zero-order chi connectivity index (χ0) is 14.8. The number of carbonyl (C=O) groups excluding carboxylic acids is 1. The fraction of sp³-hybridized carbons (Fsp3) is 0.500. The van der Waals surface area contributed by atoms with Gasteiger partial charge in [0.05, 0.1) is 17.2 Å². The number of carbonyl (C=O) groups is 1. The summed E-state index contributed by atoms with van der Waals surface area (Å²) in [5.74, 6) is 0.0109. The van der Waals surface area contributed by atoms with Crippen LogP contribution < -0.4 is 5.32 Å². The quantitative estimate of drug-likeness (QED) is 0.888. The smallest absolute Gasteiger partial charge is 0.268 e. The van der Waals surface area contributed by atoms with Crippen molar-refractivity contribution in [2.75, 3.05) is 0 Å². The first-order valence-electron chi connectivity index (χ1n) is 7.59. The van der Waals surface area contributed by atoms with Crippen LogP contribution in [0.5, 0.6) is 0 Å². The number of rotatable bonds is 6. The number of hydrogen-bond acceptors (Lipinski definition) is 3. The van der Waals surface area contributed by atoms with Crippen LogP contribution in [-0.4, -0.2) is 15.5 Å². The second-order valence-corrected chi connectivity index (χ2v) is 6.75. The molecule has 0 radical (unpaired) electrons. The third-order valence-electron chi connectivity index (χ3n) is 3.76. The lowest BCUT2D eigenvalue weighted by molar-refractivity contribution is 0.0942. The highest BCUT2D eigenvalue weighted by Crippen LogP contribution is 2.36. The van der Waals surface area contributed by atoms with Gasteiger partial charge in [0.2, 0.25) is 0 Å². The average Bonchev–Trinajstić information content (AvgIpc) is 3.08. The van der Waals surface area contributed by atoms with Crippen LogP contribution in [-0.2, 0) is 13.0 Å². The van der Waals surface area contributed by atoms with Gasteiger partial charge in [0.1, 0.15) is 5.69 Å². The summed E-state index contributed by atoms with van der Waals surface area (Å²) in [6.07, 6.45) is 6.49. The predicted octanol–water partition coefficient (Wildman–Crippen LogP) is 3.47. The van der Waals surface area contributed by atoms with Crippen LogP contribution in [0.3, 0.4) is 0 Å². The summed E-state index contributed by atoms with van der Waals surface area (Å²) in [5, 5.41) is 4.20. The largest absolute Gasteiger partial charge is 0.346 e. The van der Waals surface area contributed by atoms with Gasteiger partial charge >= 0.3 is 0 Å². The molecule has 1 amide bonds. The maximum absolute atomic E-state index is 12.3. The predicted molar refractivity (Wildman–Crippen MR) is 84.7 cm³/mol. The van der Waals surface area contributed by atoms with Gasteiger partial charge < -0.3 is 9.88 Å². The number of nitrogens with one attached hydrogen (secondary N) is 1. The molecule has 0 unspecified atom stereocenters. The normalized spacial score (nSPS) is 14.4. The van der Waals surface area contributed by atoms with E-state index in [1.807, 2.05) is 25.3 Å². The maximum Gasteiger partial charge on any atom is 0.268 e. The van der Waals surface area contributed by atoms with E-state index in [1.54, 1.807) is 11.3 Å². The van der Waals surface area contributed by atoms with E-state index >= 15 is 0 Å². The lowest BCUT2D eigenvalue weighted by atomic mass is 10.3. The van der Waals surface area contributed by atoms with E-state index in [9.17, 15) is 4.79 Å². The minimum atomic E-state index is 0.0109. The standard InChI is InChI=1S/C16H21N3OS/c1-3-5-15-18-11(2)14(21-15)10-17-16(20)13-6-4-9-19(13)12-7-8-12/h4,6,9,12H,3,5,7-8,10H2,1-2H3,(H,17,20). The van der Waals surface area contributed by atoms with Gasteiger partial charge in [-0.1, -0.05) is 6.92 Å². The molecule has 5 heteroatoms. The first kappa shape index (κ1) is 14.3. The molecule has 1 saturated carbocycles. The van der Waals surface area contributed by atoms with Crippen molar-refractivity contribution < 1.29 is 4.79 Å². The molecule has 2 heterocycles. The first-order valence-corrected chi connectivity index (χ1v) is 8.41. The summed E-state index contributed by atoms with van der Waals surface area (Å²) in [6, 6.07) is 4.38. The van der Waals surface area contributed by atoms with Gasteiger partial charge in [-0.05, 0) is 44.7 Å². The number of hydrogen-bond donors (Lipinski definition) is 1. The van der Waals surface area contributed by atoms with Crippen LogP contribution in [0.1, 0.15) is 58.3 Å². The van der Waals surface area contributed by atoms with Crippen LogP contribution in [0.2, 0.25) is 0 Å². The zero-order valence-corrected chi connectivity index (χ0v) is 13.4. The van der Waals surface area contributed by atoms with Crippen LogP contribution >= 0.6 is 11.3 Å². The highest BCUT2D eigenvalue weighted by atomic mass is 32.1.